The van der Waals surface area contributed by atoms with E-state index in [1.807, 2.05) is 43.3 Å². The molecule has 2 aromatic carbocycles. The molecule has 22 heavy (non-hydrogen) atoms. The molecule has 0 aliphatic carbocycles. The lowest BCUT2D eigenvalue weighted by Gasteiger charge is -2.08. The molecule has 0 fully saturated rings. The summed E-state index contributed by atoms with van der Waals surface area (Å²) in [6.45, 7) is 0. The Balaban J connectivity index is 2.38. The van der Waals surface area contributed by atoms with Gasteiger partial charge in [0.25, 0.3) is 5.69 Å². The lowest BCUT2D eigenvalue weighted by atomic mass is 10.0. The van der Waals surface area contributed by atoms with Crippen molar-refractivity contribution >= 4 is 33.4 Å². The summed E-state index contributed by atoms with van der Waals surface area (Å²) in [6, 6.07) is 11.2. The molecule has 0 spiro atoms. The molecule has 0 amide bonds. The van der Waals surface area contributed by atoms with Crippen LogP contribution in [0.15, 0.2) is 48.8 Å². The first-order chi connectivity index (χ1) is 10.6. The van der Waals surface area contributed by atoms with Gasteiger partial charge in [0.2, 0.25) is 0 Å². The quantitative estimate of drug-likeness (QED) is 0.418. The molecule has 0 atom stereocenters. The number of hydrogen-bond acceptors (Lipinski definition) is 4. The fraction of sp³-hybridized carbons (Fsp3) is 0.118. The van der Waals surface area contributed by atoms with Crippen LogP contribution in [-0.4, -0.2) is 28.9 Å². The SMILES string of the molecule is CN(C)C=Cc1c([N+](=O)[O-])ccc2c1ncc1ccccc12. The zero-order chi connectivity index (χ0) is 15.7. The number of pyridine rings is 1. The van der Waals surface area contributed by atoms with E-state index in [0.717, 1.165) is 16.2 Å². The van der Waals surface area contributed by atoms with Crippen molar-refractivity contribution in [1.82, 2.24) is 9.88 Å². The third-order valence-corrected chi connectivity index (χ3v) is 3.51. The number of nitro benzene ring substituents is 1. The summed E-state index contributed by atoms with van der Waals surface area (Å²) in [5.74, 6) is 0. The van der Waals surface area contributed by atoms with Gasteiger partial charge in [-0.15, -0.1) is 0 Å². The van der Waals surface area contributed by atoms with Gasteiger partial charge in [-0.2, -0.15) is 0 Å². The summed E-state index contributed by atoms with van der Waals surface area (Å²) >= 11 is 0. The van der Waals surface area contributed by atoms with Crippen LogP contribution in [0, 0.1) is 10.1 Å². The molecule has 0 aliphatic rings. The minimum Gasteiger partial charge on any atom is -0.383 e. The number of rotatable bonds is 3. The van der Waals surface area contributed by atoms with Crippen LogP contribution < -0.4 is 0 Å². The minimum absolute atomic E-state index is 0.0633. The second kappa shape index (κ2) is 5.44. The highest BCUT2D eigenvalue weighted by Gasteiger charge is 2.16. The lowest BCUT2D eigenvalue weighted by molar-refractivity contribution is -0.384. The summed E-state index contributed by atoms with van der Waals surface area (Å²) in [5.41, 5.74) is 1.24. The maximum Gasteiger partial charge on any atom is 0.278 e. The van der Waals surface area contributed by atoms with E-state index < -0.39 is 0 Å². The van der Waals surface area contributed by atoms with Gasteiger partial charge < -0.3 is 4.90 Å². The van der Waals surface area contributed by atoms with Gasteiger partial charge in [-0.3, -0.25) is 15.1 Å². The van der Waals surface area contributed by atoms with Crippen molar-refractivity contribution in [2.75, 3.05) is 14.1 Å². The molecule has 0 saturated heterocycles. The van der Waals surface area contributed by atoms with E-state index in [4.69, 9.17) is 0 Å². The fourth-order valence-corrected chi connectivity index (χ4v) is 2.49. The van der Waals surface area contributed by atoms with Crippen LogP contribution in [0.3, 0.4) is 0 Å². The zero-order valence-electron chi connectivity index (χ0n) is 12.4. The Labute approximate surface area is 127 Å². The van der Waals surface area contributed by atoms with E-state index in [9.17, 15) is 10.1 Å². The maximum absolute atomic E-state index is 11.3. The smallest absolute Gasteiger partial charge is 0.278 e. The molecule has 0 radical (unpaired) electrons. The highest BCUT2D eigenvalue weighted by molar-refractivity contribution is 6.08. The van der Waals surface area contributed by atoms with Crippen molar-refractivity contribution in [2.24, 2.45) is 0 Å². The molecule has 3 aromatic rings. The summed E-state index contributed by atoms with van der Waals surface area (Å²) < 4.78 is 0. The monoisotopic (exact) mass is 293 g/mol. The Bertz CT molecular complexity index is 901. The van der Waals surface area contributed by atoms with Crippen molar-refractivity contribution in [3.05, 3.63) is 64.5 Å². The van der Waals surface area contributed by atoms with E-state index >= 15 is 0 Å². The molecule has 1 aromatic heterocycles. The molecule has 0 N–H and O–H groups in total. The standard InChI is InChI=1S/C17H15N3O2/c1-19(2)10-9-15-16(20(21)22)8-7-14-13-6-4-3-5-12(13)11-18-17(14)15/h3-11H,1-2H3. The summed E-state index contributed by atoms with van der Waals surface area (Å²) in [6.07, 6.45) is 5.29. The third-order valence-electron chi connectivity index (χ3n) is 3.51. The average molecular weight is 293 g/mol. The second-order valence-electron chi connectivity index (χ2n) is 5.28. The molecule has 0 bridgehead atoms. The molecule has 5 nitrogen and oxygen atoms in total. The van der Waals surface area contributed by atoms with Crippen LogP contribution in [-0.2, 0) is 0 Å². The number of hydrogen-bond donors (Lipinski definition) is 0. The van der Waals surface area contributed by atoms with Crippen molar-refractivity contribution in [3.8, 4) is 0 Å². The third kappa shape index (κ3) is 2.37. The van der Waals surface area contributed by atoms with Crippen molar-refractivity contribution in [2.45, 2.75) is 0 Å². The largest absolute Gasteiger partial charge is 0.383 e. The number of aromatic nitrogens is 1. The van der Waals surface area contributed by atoms with E-state index in [1.165, 1.54) is 0 Å². The van der Waals surface area contributed by atoms with Gasteiger partial charge in [0, 0.05) is 37.1 Å². The van der Waals surface area contributed by atoms with Crippen LogP contribution in [0.25, 0.3) is 27.8 Å². The Hall–Kier alpha value is -2.95. The molecule has 0 unspecified atom stereocenters. The maximum atomic E-state index is 11.3. The first-order valence-corrected chi connectivity index (χ1v) is 6.87. The van der Waals surface area contributed by atoms with Gasteiger partial charge >= 0.3 is 0 Å². The number of nitro groups is 1. The molecule has 0 aliphatic heterocycles. The van der Waals surface area contributed by atoms with Gasteiger partial charge in [0.15, 0.2) is 0 Å². The van der Waals surface area contributed by atoms with E-state index in [-0.39, 0.29) is 10.6 Å². The van der Waals surface area contributed by atoms with Crippen LogP contribution >= 0.6 is 0 Å². The molecule has 5 heteroatoms. The number of fused-ring (bicyclic) bond motifs is 3. The molecule has 110 valence electrons. The van der Waals surface area contributed by atoms with Gasteiger partial charge in [0.1, 0.15) is 0 Å². The van der Waals surface area contributed by atoms with E-state index in [1.54, 1.807) is 30.6 Å². The highest BCUT2D eigenvalue weighted by Crippen LogP contribution is 2.32. The van der Waals surface area contributed by atoms with Gasteiger partial charge in [-0.25, -0.2) is 0 Å². The van der Waals surface area contributed by atoms with Crippen LogP contribution in [0.1, 0.15) is 5.56 Å². The highest BCUT2D eigenvalue weighted by atomic mass is 16.6. The average Bonchev–Trinajstić information content (AvgIpc) is 2.51. The lowest BCUT2D eigenvalue weighted by Crippen LogP contribution is -2.01. The molecule has 1 heterocycles. The second-order valence-corrected chi connectivity index (χ2v) is 5.28. The van der Waals surface area contributed by atoms with Gasteiger partial charge in [-0.1, -0.05) is 24.3 Å². The van der Waals surface area contributed by atoms with Crippen LogP contribution in [0.4, 0.5) is 5.69 Å². The van der Waals surface area contributed by atoms with Gasteiger partial charge in [-0.05, 0) is 23.7 Å². The number of benzene rings is 2. The predicted octanol–water partition coefficient (Wildman–Crippen LogP) is 3.83. The first kappa shape index (κ1) is 14.0. The number of nitrogens with zero attached hydrogens (tertiary/aromatic N) is 3. The topological polar surface area (TPSA) is 59.3 Å². The molecule has 0 saturated carbocycles. The minimum atomic E-state index is -0.369. The summed E-state index contributed by atoms with van der Waals surface area (Å²) in [5, 5.41) is 14.3. The molecular formula is C17H15N3O2. The summed E-state index contributed by atoms with van der Waals surface area (Å²) in [7, 11) is 3.74. The summed E-state index contributed by atoms with van der Waals surface area (Å²) in [4.78, 5) is 17.2. The van der Waals surface area contributed by atoms with E-state index in [2.05, 4.69) is 4.98 Å². The molecule has 3 rings (SSSR count). The van der Waals surface area contributed by atoms with Crippen LogP contribution in [0.5, 0.6) is 0 Å². The van der Waals surface area contributed by atoms with Crippen molar-refractivity contribution in [1.29, 1.82) is 0 Å². The Morgan fingerprint density at radius 3 is 2.64 bits per heavy atom. The zero-order valence-corrected chi connectivity index (χ0v) is 12.4. The first-order valence-electron chi connectivity index (χ1n) is 6.87. The predicted molar refractivity (Wildman–Crippen MR) is 88.6 cm³/mol. The Morgan fingerprint density at radius 1 is 1.14 bits per heavy atom. The fourth-order valence-electron chi connectivity index (χ4n) is 2.49. The van der Waals surface area contributed by atoms with Crippen molar-refractivity contribution in [3.63, 3.8) is 0 Å². The van der Waals surface area contributed by atoms with Gasteiger partial charge in [0.05, 0.1) is 16.0 Å². The molecular weight excluding hydrogens is 278 g/mol. The Morgan fingerprint density at radius 2 is 1.91 bits per heavy atom. The Kier molecular flexibility index (Phi) is 3.47. The van der Waals surface area contributed by atoms with E-state index in [0.29, 0.717) is 11.1 Å². The van der Waals surface area contributed by atoms with Crippen molar-refractivity contribution < 1.29 is 4.92 Å². The normalized spacial score (nSPS) is 11.4. The van der Waals surface area contributed by atoms with Crippen LogP contribution in [0.2, 0.25) is 0 Å².